The first-order valence-corrected chi connectivity index (χ1v) is 23.1. The van der Waals surface area contributed by atoms with E-state index in [1.54, 1.807) is 0 Å². The Balaban J connectivity index is 0.974. The first-order valence-electron chi connectivity index (χ1n) is 22.2. The van der Waals surface area contributed by atoms with Crippen LogP contribution >= 0.6 is 11.3 Å². The molecule has 14 aromatic rings. The first kappa shape index (κ1) is 36.9. The predicted molar refractivity (Wildman–Crippen MR) is 277 cm³/mol. The topological polar surface area (TPSA) is 51.8 Å². The zero-order chi connectivity index (χ0) is 43.3. The van der Waals surface area contributed by atoms with Crippen molar-refractivity contribution < 1.29 is 4.42 Å². The summed E-state index contributed by atoms with van der Waals surface area (Å²) in [5, 5.41) is 14.2. The van der Waals surface area contributed by atoms with Gasteiger partial charge in [0.15, 0.2) is 17.5 Å². The normalized spacial score (nSPS) is 11.9. The molecule has 306 valence electrons. The molecule has 0 spiro atoms. The van der Waals surface area contributed by atoms with E-state index in [9.17, 15) is 0 Å². The smallest absolute Gasteiger partial charge is 0.164 e. The number of benzene rings is 11. The molecule has 0 unspecified atom stereocenters. The first-order chi connectivity index (χ1) is 32.7. The molecule has 0 fully saturated rings. The average Bonchev–Trinajstić information content (AvgIpc) is 3.98. The van der Waals surface area contributed by atoms with Crippen LogP contribution in [0.15, 0.2) is 217 Å². The molecule has 3 heterocycles. The van der Waals surface area contributed by atoms with Crippen molar-refractivity contribution in [3.63, 3.8) is 0 Å². The average molecular weight is 858 g/mol. The van der Waals surface area contributed by atoms with Crippen LogP contribution in [0.25, 0.3) is 142 Å². The highest BCUT2D eigenvalue weighted by molar-refractivity contribution is 7.27. The summed E-state index contributed by atoms with van der Waals surface area (Å²) in [4.78, 5) is 16.0. The highest BCUT2D eigenvalue weighted by atomic mass is 32.1. The van der Waals surface area contributed by atoms with E-state index in [1.165, 1.54) is 63.4 Å². The van der Waals surface area contributed by atoms with Gasteiger partial charge >= 0.3 is 0 Å². The Bertz CT molecular complexity index is 4310. The Kier molecular flexibility index (Phi) is 8.12. The third kappa shape index (κ3) is 5.74. The largest absolute Gasteiger partial charge is 0.455 e. The number of aromatic nitrogens is 3. The molecular formula is C61H35N3OS. The van der Waals surface area contributed by atoms with E-state index in [2.05, 4.69) is 200 Å². The van der Waals surface area contributed by atoms with E-state index in [0.29, 0.717) is 17.5 Å². The molecule has 0 saturated carbocycles. The number of rotatable bonds is 5. The van der Waals surface area contributed by atoms with Crippen LogP contribution in [0.2, 0.25) is 0 Å². The Hall–Kier alpha value is -8.51. The Morgan fingerprint density at radius 3 is 1.70 bits per heavy atom. The van der Waals surface area contributed by atoms with Crippen molar-refractivity contribution in [3.8, 4) is 56.4 Å². The van der Waals surface area contributed by atoms with Crippen molar-refractivity contribution in [2.75, 3.05) is 0 Å². The molecule has 0 amide bonds. The van der Waals surface area contributed by atoms with E-state index >= 15 is 0 Å². The molecule has 0 aliphatic carbocycles. The maximum Gasteiger partial charge on any atom is 0.164 e. The van der Waals surface area contributed by atoms with Crippen molar-refractivity contribution in [1.29, 1.82) is 0 Å². The van der Waals surface area contributed by atoms with E-state index in [0.717, 1.165) is 60.7 Å². The molecule has 11 aromatic carbocycles. The van der Waals surface area contributed by atoms with E-state index in [4.69, 9.17) is 19.4 Å². The third-order valence-electron chi connectivity index (χ3n) is 13.3. The number of hydrogen-bond donors (Lipinski definition) is 0. The maximum atomic E-state index is 6.84. The molecule has 0 bridgehead atoms. The zero-order valence-corrected chi connectivity index (χ0v) is 36.2. The van der Waals surface area contributed by atoms with Crippen LogP contribution in [0, 0.1) is 0 Å². The van der Waals surface area contributed by atoms with Gasteiger partial charge in [0, 0.05) is 53.2 Å². The highest BCUT2D eigenvalue weighted by Crippen LogP contribution is 2.45. The van der Waals surface area contributed by atoms with Gasteiger partial charge in [-0.1, -0.05) is 194 Å². The Labute approximate surface area is 382 Å². The van der Waals surface area contributed by atoms with Gasteiger partial charge in [0.2, 0.25) is 0 Å². The summed E-state index contributed by atoms with van der Waals surface area (Å²) in [5.74, 6) is 1.79. The number of hydrogen-bond acceptors (Lipinski definition) is 5. The Morgan fingerprint density at radius 2 is 0.833 bits per heavy atom. The summed E-state index contributed by atoms with van der Waals surface area (Å²) in [6, 6.07) is 75.6. The van der Waals surface area contributed by atoms with Gasteiger partial charge in [-0.2, -0.15) is 0 Å². The zero-order valence-electron chi connectivity index (χ0n) is 35.4. The van der Waals surface area contributed by atoms with Gasteiger partial charge in [-0.25, -0.2) is 15.0 Å². The van der Waals surface area contributed by atoms with Crippen molar-refractivity contribution in [2.24, 2.45) is 0 Å². The lowest BCUT2D eigenvalue weighted by atomic mass is 9.96. The molecule has 0 aliphatic rings. The van der Waals surface area contributed by atoms with Gasteiger partial charge in [0.05, 0.1) is 0 Å². The molecule has 66 heavy (non-hydrogen) atoms. The van der Waals surface area contributed by atoms with Crippen LogP contribution < -0.4 is 0 Å². The van der Waals surface area contributed by atoms with E-state index < -0.39 is 0 Å². The van der Waals surface area contributed by atoms with Crippen LogP contribution in [-0.2, 0) is 0 Å². The quantitative estimate of drug-likeness (QED) is 0.162. The molecule has 0 saturated heterocycles. The Morgan fingerprint density at radius 1 is 0.303 bits per heavy atom. The van der Waals surface area contributed by atoms with Gasteiger partial charge in [-0.15, -0.1) is 11.3 Å². The summed E-state index contributed by atoms with van der Waals surface area (Å²) in [5.41, 5.74) is 8.81. The highest BCUT2D eigenvalue weighted by Gasteiger charge is 2.21. The van der Waals surface area contributed by atoms with Crippen LogP contribution in [0.3, 0.4) is 0 Å². The molecule has 0 radical (unpaired) electrons. The standard InChI is InChI=1S/C61H35N3OS/c1-5-19-44-36(12-1)15-8-22-48(44)49-23-10-25-52-55-53(26-11-27-54(55)65-56(49)52)61-63-59(62-60(64-61)42-31-32-45-40(35-42)29-28-37-13-2-4-18-43(37)45)41-17-7-16-39(34-41)47-21-9-24-50-51-33-30-38-14-3-6-20-46(38)57(51)66-58(47)50/h1-35H. The summed E-state index contributed by atoms with van der Waals surface area (Å²) in [6.07, 6.45) is 0. The lowest BCUT2D eigenvalue weighted by Crippen LogP contribution is -2.00. The third-order valence-corrected chi connectivity index (χ3v) is 14.6. The van der Waals surface area contributed by atoms with Gasteiger partial charge in [0.25, 0.3) is 0 Å². The fraction of sp³-hybridized carbons (Fsp3) is 0. The molecule has 5 heteroatoms. The van der Waals surface area contributed by atoms with Crippen LogP contribution in [0.5, 0.6) is 0 Å². The second-order valence-electron chi connectivity index (χ2n) is 17.0. The molecule has 0 atom stereocenters. The van der Waals surface area contributed by atoms with Crippen molar-refractivity contribution in [2.45, 2.75) is 0 Å². The lowest BCUT2D eigenvalue weighted by molar-refractivity contribution is 0.670. The van der Waals surface area contributed by atoms with E-state index in [1.807, 2.05) is 23.5 Å². The second-order valence-corrected chi connectivity index (χ2v) is 18.1. The summed E-state index contributed by atoms with van der Waals surface area (Å²) < 4.78 is 9.42. The summed E-state index contributed by atoms with van der Waals surface area (Å²) >= 11 is 1.87. The molecular weight excluding hydrogens is 823 g/mol. The number of furan rings is 1. The van der Waals surface area contributed by atoms with Gasteiger partial charge in [0.1, 0.15) is 11.2 Å². The van der Waals surface area contributed by atoms with E-state index in [-0.39, 0.29) is 0 Å². The van der Waals surface area contributed by atoms with Gasteiger partial charge in [-0.05, 0) is 78.0 Å². The summed E-state index contributed by atoms with van der Waals surface area (Å²) in [6.45, 7) is 0. The van der Waals surface area contributed by atoms with Gasteiger partial charge in [-0.3, -0.25) is 0 Å². The number of thiophene rings is 1. The van der Waals surface area contributed by atoms with Crippen LogP contribution in [0.1, 0.15) is 0 Å². The number of fused-ring (bicyclic) bond motifs is 12. The molecule has 14 rings (SSSR count). The fourth-order valence-electron chi connectivity index (χ4n) is 10.2. The van der Waals surface area contributed by atoms with Crippen molar-refractivity contribution in [1.82, 2.24) is 15.0 Å². The molecule has 0 aliphatic heterocycles. The minimum Gasteiger partial charge on any atom is -0.455 e. The number of para-hydroxylation sites is 1. The van der Waals surface area contributed by atoms with Crippen molar-refractivity contribution >= 4 is 96.5 Å². The van der Waals surface area contributed by atoms with Gasteiger partial charge < -0.3 is 4.42 Å². The van der Waals surface area contributed by atoms with Crippen LogP contribution in [0.4, 0.5) is 0 Å². The van der Waals surface area contributed by atoms with Crippen LogP contribution in [-0.4, -0.2) is 15.0 Å². The predicted octanol–water partition coefficient (Wildman–Crippen LogP) is 17.1. The molecule has 0 N–H and O–H groups in total. The monoisotopic (exact) mass is 857 g/mol. The van der Waals surface area contributed by atoms with Crippen molar-refractivity contribution in [3.05, 3.63) is 212 Å². The molecule has 4 nitrogen and oxygen atoms in total. The lowest BCUT2D eigenvalue weighted by Gasteiger charge is -2.11. The SMILES string of the molecule is c1cc(-c2nc(-c3ccc4c(ccc5ccccc54)c3)nc(-c3cccc4oc5c(-c6cccc7ccccc67)cccc5c34)n2)cc(-c2cccc3c2sc2c4ccccc4ccc32)c1. The maximum absolute atomic E-state index is 6.84. The fourth-order valence-corrected chi connectivity index (χ4v) is 11.6. The summed E-state index contributed by atoms with van der Waals surface area (Å²) in [7, 11) is 0. The molecule has 3 aromatic heterocycles. The minimum atomic E-state index is 0.585. The number of nitrogens with zero attached hydrogens (tertiary/aromatic N) is 3. The second kappa shape index (κ2) is 14.5. The minimum absolute atomic E-state index is 0.585.